The number of benzene rings is 1. The third-order valence-corrected chi connectivity index (χ3v) is 2.60. The van der Waals surface area contributed by atoms with Crippen molar-refractivity contribution in [3.63, 3.8) is 0 Å². The van der Waals surface area contributed by atoms with Crippen LogP contribution in [0.15, 0.2) is 18.2 Å². The fourth-order valence-electron chi connectivity index (χ4n) is 1.66. The molecule has 0 fully saturated rings. The molecule has 76 valence electrons. The summed E-state index contributed by atoms with van der Waals surface area (Å²) in [5.74, 6) is 1.94. The minimum atomic E-state index is 0.836. The maximum atomic E-state index is 5.45. The van der Waals surface area contributed by atoms with Crippen molar-refractivity contribution in [3.8, 4) is 5.75 Å². The zero-order chi connectivity index (χ0) is 9.80. The van der Waals surface area contributed by atoms with Gasteiger partial charge in [-0.15, -0.1) is 0 Å². The van der Waals surface area contributed by atoms with Gasteiger partial charge < -0.3 is 10.1 Å². The van der Waals surface area contributed by atoms with E-state index in [1.165, 1.54) is 11.1 Å². The van der Waals surface area contributed by atoms with Crippen LogP contribution in [-0.2, 0) is 13.0 Å². The van der Waals surface area contributed by atoms with Crippen molar-refractivity contribution in [1.29, 1.82) is 0 Å². The molecule has 3 heteroatoms. The quantitative estimate of drug-likeness (QED) is 0.581. The van der Waals surface area contributed by atoms with Crippen LogP contribution in [0.3, 0.4) is 0 Å². The van der Waals surface area contributed by atoms with Gasteiger partial charge in [0.05, 0.1) is 6.61 Å². The second-order valence-corrected chi connectivity index (χ2v) is 3.89. The van der Waals surface area contributed by atoms with Crippen LogP contribution in [0, 0.1) is 0 Å². The van der Waals surface area contributed by atoms with Crippen LogP contribution < -0.4 is 10.1 Å². The predicted octanol–water partition coefficient (Wildman–Crippen LogP) is 1.64. The Bertz CT molecular complexity index is 314. The monoisotopic (exact) mass is 209 g/mol. The highest BCUT2D eigenvalue weighted by Crippen LogP contribution is 2.25. The highest BCUT2D eigenvalue weighted by Gasteiger charge is 2.11. The minimum absolute atomic E-state index is 0.836. The Hall–Kier alpha value is -0.670. The predicted molar refractivity (Wildman–Crippen MR) is 61.2 cm³/mol. The van der Waals surface area contributed by atoms with Gasteiger partial charge in [-0.3, -0.25) is 0 Å². The van der Waals surface area contributed by atoms with E-state index >= 15 is 0 Å². The SMILES string of the molecule is SCCNCc1ccc2c(c1)CCO2. The molecule has 1 aromatic rings. The summed E-state index contributed by atoms with van der Waals surface area (Å²) in [7, 11) is 0. The Morgan fingerprint density at radius 3 is 3.21 bits per heavy atom. The zero-order valence-electron chi connectivity index (χ0n) is 8.12. The number of nitrogens with one attached hydrogen (secondary N) is 1. The molecule has 0 atom stereocenters. The van der Waals surface area contributed by atoms with Gasteiger partial charge >= 0.3 is 0 Å². The number of fused-ring (bicyclic) bond motifs is 1. The van der Waals surface area contributed by atoms with Crippen LogP contribution in [0.4, 0.5) is 0 Å². The third-order valence-electron chi connectivity index (χ3n) is 2.37. The average Bonchev–Trinajstić information content (AvgIpc) is 2.65. The lowest BCUT2D eigenvalue weighted by molar-refractivity contribution is 0.357. The molecular formula is C11H15NOS. The first kappa shape index (κ1) is 9.87. The Balaban J connectivity index is 1.98. The molecule has 0 spiro atoms. The maximum absolute atomic E-state index is 5.45. The number of hydrogen-bond acceptors (Lipinski definition) is 3. The van der Waals surface area contributed by atoms with Gasteiger partial charge in [-0.2, -0.15) is 12.6 Å². The van der Waals surface area contributed by atoms with Crippen molar-refractivity contribution < 1.29 is 4.74 Å². The van der Waals surface area contributed by atoms with Gasteiger partial charge in [0.2, 0.25) is 0 Å². The summed E-state index contributed by atoms with van der Waals surface area (Å²) in [5.41, 5.74) is 2.67. The Morgan fingerprint density at radius 2 is 2.36 bits per heavy atom. The van der Waals surface area contributed by atoms with Crippen LogP contribution >= 0.6 is 12.6 Å². The summed E-state index contributed by atoms with van der Waals surface area (Å²) in [6.45, 7) is 2.72. The normalized spacial score (nSPS) is 13.8. The molecule has 0 aliphatic carbocycles. The van der Waals surface area contributed by atoms with Gasteiger partial charge in [0, 0.05) is 25.3 Å². The van der Waals surface area contributed by atoms with E-state index < -0.39 is 0 Å². The van der Waals surface area contributed by atoms with Gasteiger partial charge in [-0.25, -0.2) is 0 Å². The molecule has 0 saturated carbocycles. The summed E-state index contributed by atoms with van der Waals surface area (Å²) >= 11 is 4.15. The number of thiol groups is 1. The molecule has 1 heterocycles. The summed E-state index contributed by atoms with van der Waals surface area (Å²) in [6, 6.07) is 6.42. The number of rotatable bonds is 4. The van der Waals surface area contributed by atoms with Crippen molar-refractivity contribution >= 4 is 12.6 Å². The van der Waals surface area contributed by atoms with Crippen molar-refractivity contribution in [1.82, 2.24) is 5.32 Å². The lowest BCUT2D eigenvalue weighted by Crippen LogP contribution is -2.15. The Morgan fingerprint density at radius 1 is 1.43 bits per heavy atom. The second-order valence-electron chi connectivity index (χ2n) is 3.44. The summed E-state index contributed by atoms with van der Waals surface area (Å²) in [5, 5.41) is 3.33. The molecule has 0 bridgehead atoms. The fraction of sp³-hybridized carbons (Fsp3) is 0.455. The van der Waals surface area contributed by atoms with Gasteiger partial charge in [0.15, 0.2) is 0 Å². The van der Waals surface area contributed by atoms with Crippen LogP contribution in [0.2, 0.25) is 0 Å². The van der Waals surface area contributed by atoms with Crippen LogP contribution in [0.25, 0.3) is 0 Å². The first-order valence-corrected chi connectivity index (χ1v) is 5.59. The molecule has 0 amide bonds. The molecular weight excluding hydrogens is 194 g/mol. The van der Waals surface area contributed by atoms with E-state index in [0.29, 0.717) is 0 Å². The van der Waals surface area contributed by atoms with E-state index in [1.807, 2.05) is 0 Å². The molecule has 1 aromatic carbocycles. The summed E-state index contributed by atoms with van der Waals surface area (Å²) in [4.78, 5) is 0. The molecule has 0 unspecified atom stereocenters. The molecule has 2 rings (SSSR count). The molecule has 2 nitrogen and oxygen atoms in total. The number of hydrogen-bond donors (Lipinski definition) is 2. The highest BCUT2D eigenvalue weighted by atomic mass is 32.1. The zero-order valence-corrected chi connectivity index (χ0v) is 9.02. The molecule has 1 aliphatic rings. The third kappa shape index (κ3) is 2.22. The van der Waals surface area contributed by atoms with Crippen molar-refractivity contribution in [2.75, 3.05) is 18.9 Å². The molecule has 1 aliphatic heterocycles. The summed E-state index contributed by atoms with van der Waals surface area (Å²) in [6.07, 6.45) is 1.05. The summed E-state index contributed by atoms with van der Waals surface area (Å²) < 4.78 is 5.45. The van der Waals surface area contributed by atoms with Crippen molar-refractivity contribution in [2.45, 2.75) is 13.0 Å². The smallest absolute Gasteiger partial charge is 0.122 e. The van der Waals surface area contributed by atoms with Crippen molar-refractivity contribution in [3.05, 3.63) is 29.3 Å². The van der Waals surface area contributed by atoms with Gasteiger partial charge in [-0.1, -0.05) is 12.1 Å². The van der Waals surface area contributed by atoms with E-state index in [2.05, 4.69) is 36.1 Å². The lowest BCUT2D eigenvalue weighted by Gasteiger charge is -2.04. The topological polar surface area (TPSA) is 21.3 Å². The largest absolute Gasteiger partial charge is 0.493 e. The second kappa shape index (κ2) is 4.71. The van der Waals surface area contributed by atoms with E-state index in [-0.39, 0.29) is 0 Å². The highest BCUT2D eigenvalue weighted by molar-refractivity contribution is 7.80. The van der Waals surface area contributed by atoms with Gasteiger partial charge in [0.25, 0.3) is 0 Å². The molecule has 0 radical (unpaired) electrons. The van der Waals surface area contributed by atoms with E-state index in [0.717, 1.165) is 37.6 Å². The van der Waals surface area contributed by atoms with Crippen LogP contribution in [0.1, 0.15) is 11.1 Å². The molecule has 14 heavy (non-hydrogen) atoms. The van der Waals surface area contributed by atoms with Crippen molar-refractivity contribution in [2.24, 2.45) is 0 Å². The first-order valence-electron chi connectivity index (χ1n) is 4.96. The number of ether oxygens (including phenoxy) is 1. The van der Waals surface area contributed by atoms with Gasteiger partial charge in [0.1, 0.15) is 5.75 Å². The molecule has 0 aromatic heterocycles. The molecule has 0 saturated heterocycles. The lowest BCUT2D eigenvalue weighted by atomic mass is 10.1. The maximum Gasteiger partial charge on any atom is 0.122 e. The van der Waals surface area contributed by atoms with Crippen LogP contribution in [0.5, 0.6) is 5.75 Å². The van der Waals surface area contributed by atoms with Crippen LogP contribution in [-0.4, -0.2) is 18.9 Å². The minimum Gasteiger partial charge on any atom is -0.493 e. The first-order chi connectivity index (χ1) is 6.90. The standard InChI is InChI=1S/C11H15NOS/c14-6-4-12-8-9-1-2-11-10(7-9)3-5-13-11/h1-2,7,12,14H,3-6,8H2. The molecule has 1 N–H and O–H groups in total. The average molecular weight is 209 g/mol. The van der Waals surface area contributed by atoms with E-state index in [9.17, 15) is 0 Å². The fourth-order valence-corrected chi connectivity index (χ4v) is 1.82. The Kier molecular flexibility index (Phi) is 3.32. The van der Waals surface area contributed by atoms with E-state index in [4.69, 9.17) is 4.74 Å². The van der Waals surface area contributed by atoms with E-state index in [1.54, 1.807) is 0 Å². The van der Waals surface area contributed by atoms with Gasteiger partial charge in [-0.05, 0) is 17.2 Å². The Labute approximate surface area is 90.1 Å².